The molecule has 1 aliphatic rings. The Hall–Kier alpha value is -0.0800. The molecule has 18 heavy (non-hydrogen) atoms. The fourth-order valence-electron chi connectivity index (χ4n) is 3.01. The lowest BCUT2D eigenvalue weighted by Crippen LogP contribution is -2.56. The molecule has 1 heterocycles. The van der Waals surface area contributed by atoms with Gasteiger partial charge in [-0.15, -0.1) is 0 Å². The zero-order chi connectivity index (χ0) is 13.1. The minimum absolute atomic E-state index is 0.986. The molecule has 0 aromatic heterocycles. The van der Waals surface area contributed by atoms with Crippen molar-refractivity contribution in [1.29, 1.82) is 0 Å². The minimum Gasteiger partial charge on any atom is -0.370 e. The third kappa shape index (κ3) is 6.19. The summed E-state index contributed by atoms with van der Waals surface area (Å²) in [6.45, 7) is 11.9. The van der Waals surface area contributed by atoms with Crippen LogP contribution < -0.4 is 0 Å². The standard InChI is InChI=1S/C16H34NO/c1-3-5-7-8-9-10-12-17(11-6-4-2)13-15-18-16-14-17/h3-16H2,1-2H3/q+1. The van der Waals surface area contributed by atoms with Crippen molar-refractivity contribution in [3.8, 4) is 0 Å². The third-order valence-corrected chi connectivity index (χ3v) is 4.39. The number of rotatable bonds is 10. The average molecular weight is 256 g/mol. The van der Waals surface area contributed by atoms with Gasteiger partial charge < -0.3 is 9.22 Å². The summed E-state index contributed by atoms with van der Waals surface area (Å²) in [5, 5.41) is 0. The summed E-state index contributed by atoms with van der Waals surface area (Å²) in [6, 6.07) is 0. The van der Waals surface area contributed by atoms with E-state index in [1.807, 2.05) is 0 Å². The van der Waals surface area contributed by atoms with E-state index in [9.17, 15) is 0 Å². The highest BCUT2D eigenvalue weighted by Gasteiger charge is 2.28. The fraction of sp³-hybridized carbons (Fsp3) is 1.00. The second kappa shape index (κ2) is 9.80. The molecule has 0 aromatic rings. The summed E-state index contributed by atoms with van der Waals surface area (Å²) in [6.07, 6.45) is 11.2. The minimum atomic E-state index is 0.986. The first-order chi connectivity index (χ1) is 8.83. The van der Waals surface area contributed by atoms with E-state index in [2.05, 4.69) is 13.8 Å². The molecule has 0 unspecified atom stereocenters. The van der Waals surface area contributed by atoms with Crippen molar-refractivity contribution in [3.63, 3.8) is 0 Å². The van der Waals surface area contributed by atoms with Gasteiger partial charge >= 0.3 is 0 Å². The van der Waals surface area contributed by atoms with Crippen molar-refractivity contribution in [3.05, 3.63) is 0 Å². The Morgan fingerprint density at radius 1 is 0.722 bits per heavy atom. The topological polar surface area (TPSA) is 9.23 Å². The van der Waals surface area contributed by atoms with Crippen molar-refractivity contribution in [2.75, 3.05) is 39.4 Å². The summed E-state index contributed by atoms with van der Waals surface area (Å²) in [7, 11) is 0. The first-order valence-corrected chi connectivity index (χ1v) is 8.26. The molecule has 1 saturated heterocycles. The summed E-state index contributed by atoms with van der Waals surface area (Å²) in [4.78, 5) is 0. The van der Waals surface area contributed by atoms with E-state index in [1.54, 1.807) is 0 Å². The van der Waals surface area contributed by atoms with Crippen LogP contribution in [0.2, 0.25) is 0 Å². The first kappa shape index (κ1) is 16.0. The Morgan fingerprint density at radius 3 is 1.94 bits per heavy atom. The molecule has 2 nitrogen and oxygen atoms in total. The number of hydrogen-bond acceptors (Lipinski definition) is 1. The van der Waals surface area contributed by atoms with Crippen molar-refractivity contribution in [2.24, 2.45) is 0 Å². The molecule has 0 aromatic carbocycles. The van der Waals surface area contributed by atoms with Crippen LogP contribution >= 0.6 is 0 Å². The third-order valence-electron chi connectivity index (χ3n) is 4.39. The molecular formula is C16H34NO+. The normalized spacial score (nSPS) is 19.0. The molecule has 1 rings (SSSR count). The van der Waals surface area contributed by atoms with Gasteiger partial charge in [-0.05, 0) is 19.3 Å². The van der Waals surface area contributed by atoms with Crippen LogP contribution in [-0.4, -0.2) is 43.9 Å². The van der Waals surface area contributed by atoms with Crippen LogP contribution in [0, 0.1) is 0 Å². The van der Waals surface area contributed by atoms with Crippen LogP contribution in [0.3, 0.4) is 0 Å². The number of ether oxygens (including phenoxy) is 1. The van der Waals surface area contributed by atoms with Crippen LogP contribution in [0.5, 0.6) is 0 Å². The van der Waals surface area contributed by atoms with Crippen molar-refractivity contribution >= 4 is 0 Å². The molecule has 1 fully saturated rings. The highest BCUT2D eigenvalue weighted by Crippen LogP contribution is 2.16. The predicted molar refractivity (Wildman–Crippen MR) is 78.8 cm³/mol. The second-order valence-electron chi connectivity index (χ2n) is 5.97. The molecule has 2 heteroatoms. The van der Waals surface area contributed by atoms with Gasteiger partial charge in [-0.3, -0.25) is 0 Å². The van der Waals surface area contributed by atoms with E-state index < -0.39 is 0 Å². The molecular weight excluding hydrogens is 222 g/mol. The van der Waals surface area contributed by atoms with Crippen LogP contribution in [0.15, 0.2) is 0 Å². The quantitative estimate of drug-likeness (QED) is 0.424. The SMILES string of the molecule is CCCCCCCC[N+]1(CCCC)CCOCC1. The van der Waals surface area contributed by atoms with E-state index in [4.69, 9.17) is 4.74 Å². The molecule has 0 atom stereocenters. The van der Waals surface area contributed by atoms with Gasteiger partial charge in [0.05, 0.1) is 26.3 Å². The second-order valence-corrected chi connectivity index (χ2v) is 5.97. The number of nitrogens with zero attached hydrogens (tertiary/aromatic N) is 1. The number of quaternary nitrogens is 1. The van der Waals surface area contributed by atoms with Gasteiger partial charge in [0, 0.05) is 0 Å². The van der Waals surface area contributed by atoms with Crippen molar-refractivity contribution in [1.82, 2.24) is 0 Å². The van der Waals surface area contributed by atoms with Gasteiger partial charge in [0.2, 0.25) is 0 Å². The average Bonchev–Trinajstić information content (AvgIpc) is 2.42. The maximum Gasteiger partial charge on any atom is 0.102 e. The van der Waals surface area contributed by atoms with Crippen LogP contribution in [0.1, 0.15) is 65.2 Å². The summed E-state index contributed by atoms with van der Waals surface area (Å²) in [5.41, 5.74) is 0. The molecule has 0 bridgehead atoms. The summed E-state index contributed by atoms with van der Waals surface area (Å²) >= 11 is 0. The Bertz CT molecular complexity index is 188. The maximum atomic E-state index is 5.55. The van der Waals surface area contributed by atoms with E-state index in [0.717, 1.165) is 13.2 Å². The molecule has 0 aliphatic carbocycles. The molecule has 0 radical (unpaired) electrons. The van der Waals surface area contributed by atoms with Gasteiger partial charge in [0.15, 0.2) is 0 Å². The molecule has 0 amide bonds. The maximum absolute atomic E-state index is 5.55. The number of unbranched alkanes of at least 4 members (excludes halogenated alkanes) is 6. The van der Waals surface area contributed by atoms with E-state index in [1.165, 1.54) is 82.0 Å². The smallest absolute Gasteiger partial charge is 0.102 e. The predicted octanol–water partition coefficient (Wildman–Crippen LogP) is 3.99. The zero-order valence-corrected chi connectivity index (χ0v) is 12.8. The van der Waals surface area contributed by atoms with Gasteiger partial charge in [-0.25, -0.2) is 0 Å². The van der Waals surface area contributed by atoms with Crippen LogP contribution in [0.4, 0.5) is 0 Å². The zero-order valence-electron chi connectivity index (χ0n) is 12.8. The summed E-state index contributed by atoms with van der Waals surface area (Å²) < 4.78 is 6.90. The highest BCUT2D eigenvalue weighted by atomic mass is 16.5. The molecule has 108 valence electrons. The van der Waals surface area contributed by atoms with Gasteiger partial charge in [0.25, 0.3) is 0 Å². The van der Waals surface area contributed by atoms with Gasteiger partial charge in [-0.2, -0.15) is 0 Å². The van der Waals surface area contributed by atoms with Crippen molar-refractivity contribution < 1.29 is 9.22 Å². The molecule has 0 spiro atoms. The lowest BCUT2D eigenvalue weighted by Gasteiger charge is -2.41. The van der Waals surface area contributed by atoms with Crippen molar-refractivity contribution in [2.45, 2.75) is 65.2 Å². The van der Waals surface area contributed by atoms with Gasteiger partial charge in [-0.1, -0.05) is 46.0 Å². The first-order valence-electron chi connectivity index (χ1n) is 8.26. The van der Waals surface area contributed by atoms with E-state index in [-0.39, 0.29) is 0 Å². The Kier molecular flexibility index (Phi) is 8.70. The number of hydrogen-bond donors (Lipinski definition) is 0. The Balaban J connectivity index is 2.19. The highest BCUT2D eigenvalue weighted by molar-refractivity contribution is 4.53. The Morgan fingerprint density at radius 2 is 1.28 bits per heavy atom. The fourth-order valence-corrected chi connectivity index (χ4v) is 3.01. The van der Waals surface area contributed by atoms with Gasteiger partial charge in [0.1, 0.15) is 13.1 Å². The molecule has 1 aliphatic heterocycles. The Labute approximate surface area is 114 Å². The summed E-state index contributed by atoms with van der Waals surface area (Å²) in [5.74, 6) is 0. The van der Waals surface area contributed by atoms with Crippen LogP contribution in [0.25, 0.3) is 0 Å². The molecule has 0 saturated carbocycles. The monoisotopic (exact) mass is 256 g/mol. The number of morpholine rings is 1. The lowest BCUT2D eigenvalue weighted by atomic mass is 10.1. The van der Waals surface area contributed by atoms with Crippen LogP contribution in [-0.2, 0) is 4.74 Å². The lowest BCUT2D eigenvalue weighted by molar-refractivity contribution is -0.935. The molecule has 0 N–H and O–H groups in total. The van der Waals surface area contributed by atoms with E-state index >= 15 is 0 Å². The van der Waals surface area contributed by atoms with E-state index in [0.29, 0.717) is 0 Å². The largest absolute Gasteiger partial charge is 0.370 e.